The standard InChI is InChI=1S/C19H24N2O2/c1-14(2)23-18-12-10-17(11-13-18)20-19(22)21(4)15(3)16-8-6-5-7-9-16/h5-15H,1-4H3,(H,20,22). The molecule has 0 aromatic heterocycles. The second-order valence-electron chi connectivity index (χ2n) is 5.82. The van der Waals surface area contributed by atoms with Crippen LogP contribution in [0.5, 0.6) is 5.75 Å². The van der Waals surface area contributed by atoms with E-state index < -0.39 is 0 Å². The fraction of sp³-hybridized carbons (Fsp3) is 0.316. The van der Waals surface area contributed by atoms with Gasteiger partial charge in [0.2, 0.25) is 0 Å². The van der Waals surface area contributed by atoms with Crippen LogP contribution in [0.4, 0.5) is 10.5 Å². The summed E-state index contributed by atoms with van der Waals surface area (Å²) in [4.78, 5) is 14.1. The fourth-order valence-corrected chi connectivity index (χ4v) is 2.23. The minimum Gasteiger partial charge on any atom is -0.491 e. The SMILES string of the molecule is CC(C)Oc1ccc(NC(=O)N(C)C(C)c2ccccc2)cc1. The van der Waals surface area contributed by atoms with Crippen molar-refractivity contribution in [3.05, 3.63) is 60.2 Å². The maximum Gasteiger partial charge on any atom is 0.322 e. The van der Waals surface area contributed by atoms with Crippen LogP contribution in [0.1, 0.15) is 32.4 Å². The van der Waals surface area contributed by atoms with Crippen LogP contribution in [0.25, 0.3) is 0 Å². The van der Waals surface area contributed by atoms with Crippen LogP contribution < -0.4 is 10.1 Å². The number of benzene rings is 2. The predicted octanol–water partition coefficient (Wildman–Crippen LogP) is 4.70. The first-order valence-electron chi connectivity index (χ1n) is 7.83. The Labute approximate surface area is 138 Å². The number of rotatable bonds is 5. The molecule has 0 aliphatic rings. The Morgan fingerprint density at radius 1 is 1.00 bits per heavy atom. The molecule has 4 heteroatoms. The molecule has 0 bridgehead atoms. The molecule has 0 radical (unpaired) electrons. The van der Waals surface area contributed by atoms with E-state index in [4.69, 9.17) is 4.74 Å². The molecule has 1 N–H and O–H groups in total. The summed E-state index contributed by atoms with van der Waals surface area (Å²) < 4.78 is 5.59. The first kappa shape index (κ1) is 16.9. The van der Waals surface area contributed by atoms with Gasteiger partial charge >= 0.3 is 6.03 Å². The van der Waals surface area contributed by atoms with E-state index in [0.29, 0.717) is 0 Å². The summed E-state index contributed by atoms with van der Waals surface area (Å²) in [5.41, 5.74) is 1.85. The number of hydrogen-bond donors (Lipinski definition) is 1. The Morgan fingerprint density at radius 2 is 1.61 bits per heavy atom. The van der Waals surface area contributed by atoms with Gasteiger partial charge in [-0.15, -0.1) is 0 Å². The molecule has 4 nitrogen and oxygen atoms in total. The molecule has 2 aromatic carbocycles. The van der Waals surface area contributed by atoms with Gasteiger partial charge in [-0.25, -0.2) is 4.79 Å². The lowest BCUT2D eigenvalue weighted by molar-refractivity contribution is 0.208. The van der Waals surface area contributed by atoms with Crippen molar-refractivity contribution in [2.75, 3.05) is 12.4 Å². The molecule has 0 aliphatic carbocycles. The molecule has 0 aliphatic heterocycles. The quantitative estimate of drug-likeness (QED) is 0.869. The van der Waals surface area contributed by atoms with Crippen molar-refractivity contribution in [2.45, 2.75) is 32.9 Å². The molecule has 1 unspecified atom stereocenters. The highest BCUT2D eigenvalue weighted by molar-refractivity contribution is 5.89. The molecule has 0 spiro atoms. The van der Waals surface area contributed by atoms with Gasteiger partial charge in [0.15, 0.2) is 0 Å². The summed E-state index contributed by atoms with van der Waals surface area (Å²) in [5, 5.41) is 2.90. The van der Waals surface area contributed by atoms with Gasteiger partial charge < -0.3 is 15.0 Å². The molecule has 0 heterocycles. The van der Waals surface area contributed by atoms with Crippen LogP contribution in [0.15, 0.2) is 54.6 Å². The first-order valence-corrected chi connectivity index (χ1v) is 7.83. The molecule has 0 fully saturated rings. The van der Waals surface area contributed by atoms with E-state index in [0.717, 1.165) is 17.0 Å². The number of anilines is 1. The van der Waals surface area contributed by atoms with Crippen molar-refractivity contribution >= 4 is 11.7 Å². The highest BCUT2D eigenvalue weighted by Crippen LogP contribution is 2.21. The maximum atomic E-state index is 12.4. The second-order valence-corrected chi connectivity index (χ2v) is 5.82. The maximum absolute atomic E-state index is 12.4. The number of nitrogens with zero attached hydrogens (tertiary/aromatic N) is 1. The first-order chi connectivity index (χ1) is 11.0. The van der Waals surface area contributed by atoms with Gasteiger partial charge in [-0.1, -0.05) is 30.3 Å². The van der Waals surface area contributed by atoms with E-state index in [2.05, 4.69) is 5.32 Å². The number of urea groups is 1. The largest absolute Gasteiger partial charge is 0.491 e. The third-order valence-electron chi connectivity index (χ3n) is 3.66. The van der Waals surface area contributed by atoms with E-state index in [1.165, 1.54) is 0 Å². The normalized spacial score (nSPS) is 11.9. The summed E-state index contributed by atoms with van der Waals surface area (Å²) in [6.45, 7) is 5.97. The van der Waals surface area contributed by atoms with E-state index in [9.17, 15) is 4.79 Å². The van der Waals surface area contributed by atoms with Crippen LogP contribution >= 0.6 is 0 Å². The summed E-state index contributed by atoms with van der Waals surface area (Å²) >= 11 is 0. The molecule has 2 rings (SSSR count). The van der Waals surface area contributed by atoms with Gasteiger partial charge in [0.1, 0.15) is 5.75 Å². The van der Waals surface area contributed by atoms with Gasteiger partial charge in [-0.05, 0) is 50.6 Å². The Kier molecular flexibility index (Phi) is 5.63. The van der Waals surface area contributed by atoms with Gasteiger partial charge in [-0.3, -0.25) is 0 Å². The number of carbonyl (C=O) groups excluding carboxylic acids is 1. The van der Waals surface area contributed by atoms with Crippen LogP contribution in [0, 0.1) is 0 Å². The molecular formula is C19H24N2O2. The van der Waals surface area contributed by atoms with E-state index in [1.54, 1.807) is 11.9 Å². The fourth-order valence-electron chi connectivity index (χ4n) is 2.23. The van der Waals surface area contributed by atoms with Gasteiger partial charge in [-0.2, -0.15) is 0 Å². The molecule has 2 amide bonds. The zero-order valence-electron chi connectivity index (χ0n) is 14.1. The van der Waals surface area contributed by atoms with Crippen LogP contribution in [0.2, 0.25) is 0 Å². The third-order valence-corrected chi connectivity index (χ3v) is 3.66. The minimum atomic E-state index is -0.140. The number of amides is 2. The lowest BCUT2D eigenvalue weighted by Gasteiger charge is -2.25. The van der Waals surface area contributed by atoms with Crippen molar-refractivity contribution in [2.24, 2.45) is 0 Å². The van der Waals surface area contributed by atoms with Gasteiger partial charge in [0, 0.05) is 12.7 Å². The van der Waals surface area contributed by atoms with Crippen molar-refractivity contribution in [3.8, 4) is 5.75 Å². The smallest absolute Gasteiger partial charge is 0.322 e. The van der Waals surface area contributed by atoms with Crippen molar-refractivity contribution in [1.29, 1.82) is 0 Å². The van der Waals surface area contributed by atoms with Gasteiger partial charge in [0.25, 0.3) is 0 Å². The molecular weight excluding hydrogens is 288 g/mol. The zero-order chi connectivity index (χ0) is 16.8. The van der Waals surface area contributed by atoms with Crippen molar-refractivity contribution in [3.63, 3.8) is 0 Å². The van der Waals surface area contributed by atoms with Crippen molar-refractivity contribution in [1.82, 2.24) is 4.90 Å². The summed E-state index contributed by atoms with van der Waals surface area (Å²) in [6, 6.07) is 17.2. The zero-order valence-corrected chi connectivity index (χ0v) is 14.1. The molecule has 0 saturated carbocycles. The Hall–Kier alpha value is -2.49. The molecule has 23 heavy (non-hydrogen) atoms. The predicted molar refractivity (Wildman–Crippen MR) is 93.8 cm³/mol. The molecule has 2 aromatic rings. The van der Waals surface area contributed by atoms with Crippen LogP contribution in [-0.2, 0) is 0 Å². The van der Waals surface area contributed by atoms with Gasteiger partial charge in [0.05, 0.1) is 12.1 Å². The highest BCUT2D eigenvalue weighted by atomic mass is 16.5. The highest BCUT2D eigenvalue weighted by Gasteiger charge is 2.17. The van der Waals surface area contributed by atoms with Crippen LogP contribution in [-0.4, -0.2) is 24.1 Å². The molecule has 0 saturated heterocycles. The van der Waals surface area contributed by atoms with Crippen molar-refractivity contribution < 1.29 is 9.53 Å². The average molecular weight is 312 g/mol. The second kappa shape index (κ2) is 7.68. The summed E-state index contributed by atoms with van der Waals surface area (Å²) in [7, 11) is 1.79. The minimum absolute atomic E-state index is 0.000234. The van der Waals surface area contributed by atoms with Crippen LogP contribution in [0.3, 0.4) is 0 Å². The summed E-state index contributed by atoms with van der Waals surface area (Å²) in [6.07, 6.45) is 0.133. The average Bonchev–Trinajstić information content (AvgIpc) is 2.55. The third kappa shape index (κ3) is 4.74. The van der Waals surface area contributed by atoms with E-state index in [-0.39, 0.29) is 18.2 Å². The Bertz CT molecular complexity index is 624. The monoisotopic (exact) mass is 312 g/mol. The Morgan fingerprint density at radius 3 is 2.17 bits per heavy atom. The van der Waals surface area contributed by atoms with E-state index in [1.807, 2.05) is 75.4 Å². The molecule has 122 valence electrons. The topological polar surface area (TPSA) is 41.6 Å². The lowest BCUT2D eigenvalue weighted by atomic mass is 10.1. The summed E-state index contributed by atoms with van der Waals surface area (Å²) in [5.74, 6) is 0.795. The lowest BCUT2D eigenvalue weighted by Crippen LogP contribution is -2.33. The van der Waals surface area contributed by atoms with E-state index >= 15 is 0 Å². The number of carbonyl (C=O) groups is 1. The number of ether oxygens (including phenoxy) is 1. The number of hydrogen-bond acceptors (Lipinski definition) is 2. The number of nitrogens with one attached hydrogen (secondary N) is 1. The Balaban J connectivity index is 1.98. The molecule has 1 atom stereocenters.